The van der Waals surface area contributed by atoms with Crippen molar-refractivity contribution < 1.29 is 19.1 Å². The number of carbonyl (C=O) groups is 3. The van der Waals surface area contributed by atoms with Crippen molar-refractivity contribution in [3.05, 3.63) is 82.5 Å². The SMILES string of the molecule is CCOc1ccc(NC(=O)CN2C(=O)S/C(=C/c3cccn3-c3ccc(C)cc3C)C2=O)cc1. The molecule has 0 atom stereocenters. The van der Waals surface area contributed by atoms with Crippen molar-refractivity contribution in [3.63, 3.8) is 0 Å². The molecule has 1 fully saturated rings. The van der Waals surface area contributed by atoms with Gasteiger partial charge in [0.15, 0.2) is 0 Å². The minimum atomic E-state index is -0.481. The second-order valence-corrected chi connectivity index (χ2v) is 8.86. The number of carbonyl (C=O) groups excluding carboxylic acids is 3. The zero-order valence-electron chi connectivity index (χ0n) is 19.2. The number of thioether (sulfide) groups is 1. The fourth-order valence-electron chi connectivity index (χ4n) is 3.72. The molecule has 7 nitrogen and oxygen atoms in total. The molecule has 1 N–H and O–H groups in total. The molecule has 1 saturated heterocycles. The van der Waals surface area contributed by atoms with Crippen LogP contribution in [0.25, 0.3) is 11.8 Å². The molecule has 0 unspecified atom stereocenters. The van der Waals surface area contributed by atoms with Gasteiger partial charge in [-0.3, -0.25) is 19.3 Å². The number of anilines is 1. The highest BCUT2D eigenvalue weighted by Crippen LogP contribution is 2.33. The van der Waals surface area contributed by atoms with Crippen LogP contribution in [0.2, 0.25) is 0 Å². The molecule has 1 aliphatic heterocycles. The molecule has 2 aromatic carbocycles. The van der Waals surface area contributed by atoms with Crippen molar-refractivity contribution in [1.29, 1.82) is 0 Å². The van der Waals surface area contributed by atoms with Gasteiger partial charge in [-0.15, -0.1) is 0 Å². The van der Waals surface area contributed by atoms with Gasteiger partial charge in [0.1, 0.15) is 12.3 Å². The third-order valence-electron chi connectivity index (χ3n) is 5.30. The normalized spacial score (nSPS) is 14.7. The van der Waals surface area contributed by atoms with E-state index in [-0.39, 0.29) is 11.4 Å². The van der Waals surface area contributed by atoms with E-state index in [0.717, 1.165) is 33.6 Å². The second kappa shape index (κ2) is 10.0. The maximum absolute atomic E-state index is 12.9. The lowest BCUT2D eigenvalue weighted by molar-refractivity contribution is -0.127. The monoisotopic (exact) mass is 475 g/mol. The van der Waals surface area contributed by atoms with Crippen LogP contribution in [0.15, 0.2) is 65.7 Å². The quantitative estimate of drug-likeness (QED) is 0.477. The smallest absolute Gasteiger partial charge is 0.294 e. The van der Waals surface area contributed by atoms with Gasteiger partial charge in [0.2, 0.25) is 5.91 Å². The molecule has 1 aromatic heterocycles. The van der Waals surface area contributed by atoms with Crippen LogP contribution in [-0.2, 0) is 9.59 Å². The Morgan fingerprint density at radius 1 is 1.09 bits per heavy atom. The van der Waals surface area contributed by atoms with Crippen LogP contribution < -0.4 is 10.1 Å². The number of nitrogens with zero attached hydrogens (tertiary/aromatic N) is 2. The van der Waals surface area contributed by atoms with E-state index in [1.54, 1.807) is 30.3 Å². The molecule has 0 aliphatic carbocycles. The molecule has 4 rings (SSSR count). The molecule has 8 heteroatoms. The maximum Gasteiger partial charge on any atom is 0.294 e. The molecule has 0 radical (unpaired) electrons. The van der Waals surface area contributed by atoms with Gasteiger partial charge in [-0.25, -0.2) is 0 Å². The highest BCUT2D eigenvalue weighted by Gasteiger charge is 2.36. The molecule has 2 heterocycles. The number of hydrogen-bond acceptors (Lipinski definition) is 5. The van der Waals surface area contributed by atoms with E-state index in [9.17, 15) is 14.4 Å². The largest absolute Gasteiger partial charge is 0.494 e. The topological polar surface area (TPSA) is 80.6 Å². The van der Waals surface area contributed by atoms with Gasteiger partial charge in [0.25, 0.3) is 11.1 Å². The van der Waals surface area contributed by atoms with Crippen LogP contribution in [0.1, 0.15) is 23.7 Å². The van der Waals surface area contributed by atoms with Gasteiger partial charge >= 0.3 is 0 Å². The number of aryl methyl sites for hydroxylation is 2. The summed E-state index contributed by atoms with van der Waals surface area (Å²) in [7, 11) is 0. The van der Waals surface area contributed by atoms with Crippen molar-refractivity contribution in [2.24, 2.45) is 0 Å². The summed E-state index contributed by atoms with van der Waals surface area (Å²) in [6, 6.07) is 16.8. The Bertz CT molecular complexity index is 1280. The van der Waals surface area contributed by atoms with E-state index >= 15 is 0 Å². The third-order valence-corrected chi connectivity index (χ3v) is 6.20. The minimum absolute atomic E-state index is 0.281. The predicted octanol–water partition coefficient (Wildman–Crippen LogP) is 5.17. The molecule has 34 heavy (non-hydrogen) atoms. The van der Waals surface area contributed by atoms with E-state index < -0.39 is 17.1 Å². The standard InChI is InChI=1S/C26H25N3O4S/c1-4-33-21-10-8-19(9-11-21)27-24(30)16-29-25(31)23(34-26(29)32)15-20-6-5-13-28(20)22-12-7-17(2)14-18(22)3/h5-15H,4,16H2,1-3H3,(H,27,30)/b23-15+. The van der Waals surface area contributed by atoms with Crippen molar-refractivity contribution in [1.82, 2.24) is 9.47 Å². The first-order valence-corrected chi connectivity index (χ1v) is 11.7. The fourth-order valence-corrected chi connectivity index (χ4v) is 4.55. The fraction of sp³-hybridized carbons (Fsp3) is 0.192. The summed E-state index contributed by atoms with van der Waals surface area (Å²) < 4.78 is 7.36. The number of hydrogen-bond donors (Lipinski definition) is 1. The average Bonchev–Trinajstić information content (AvgIpc) is 3.35. The zero-order valence-corrected chi connectivity index (χ0v) is 20.0. The number of amides is 3. The minimum Gasteiger partial charge on any atom is -0.494 e. The second-order valence-electron chi connectivity index (χ2n) is 7.87. The Morgan fingerprint density at radius 2 is 1.85 bits per heavy atom. The van der Waals surface area contributed by atoms with Crippen molar-refractivity contribution in [2.75, 3.05) is 18.5 Å². The number of ether oxygens (including phenoxy) is 1. The summed E-state index contributed by atoms with van der Waals surface area (Å²) in [5.41, 5.74) is 4.60. The number of imide groups is 1. The van der Waals surface area contributed by atoms with Crippen molar-refractivity contribution >= 4 is 40.6 Å². The van der Waals surface area contributed by atoms with Crippen LogP contribution >= 0.6 is 11.8 Å². The summed E-state index contributed by atoms with van der Waals surface area (Å²) in [5, 5.41) is 2.24. The predicted molar refractivity (Wildman–Crippen MR) is 134 cm³/mol. The number of rotatable bonds is 7. The maximum atomic E-state index is 12.9. The highest BCUT2D eigenvalue weighted by atomic mass is 32.2. The van der Waals surface area contributed by atoms with Crippen LogP contribution in [-0.4, -0.2) is 39.7 Å². The Hall–Kier alpha value is -3.78. The molecule has 174 valence electrons. The zero-order chi connectivity index (χ0) is 24.2. The highest BCUT2D eigenvalue weighted by molar-refractivity contribution is 8.18. The van der Waals surface area contributed by atoms with E-state index in [2.05, 4.69) is 11.4 Å². The van der Waals surface area contributed by atoms with Crippen LogP contribution in [0, 0.1) is 13.8 Å². The van der Waals surface area contributed by atoms with Crippen LogP contribution in [0.5, 0.6) is 5.75 Å². The van der Waals surface area contributed by atoms with Gasteiger partial charge in [-0.2, -0.15) is 0 Å². The average molecular weight is 476 g/mol. The molecule has 1 aliphatic rings. The van der Waals surface area contributed by atoms with Gasteiger partial charge in [0.05, 0.1) is 11.5 Å². The summed E-state index contributed by atoms with van der Waals surface area (Å²) in [5.74, 6) is -0.237. The Morgan fingerprint density at radius 3 is 2.56 bits per heavy atom. The first-order chi connectivity index (χ1) is 16.4. The summed E-state index contributed by atoms with van der Waals surface area (Å²) >= 11 is 0.835. The summed E-state index contributed by atoms with van der Waals surface area (Å²) in [4.78, 5) is 39.1. The molecular formula is C26H25N3O4S. The van der Waals surface area contributed by atoms with Gasteiger partial charge in [-0.1, -0.05) is 17.7 Å². The van der Waals surface area contributed by atoms with E-state index in [4.69, 9.17) is 4.74 Å². The lowest BCUT2D eigenvalue weighted by Crippen LogP contribution is -2.36. The third kappa shape index (κ3) is 5.07. The Labute approximate surface area is 202 Å². The lowest BCUT2D eigenvalue weighted by Gasteiger charge is -2.13. The van der Waals surface area contributed by atoms with E-state index in [0.29, 0.717) is 18.0 Å². The van der Waals surface area contributed by atoms with E-state index in [1.165, 1.54) is 5.56 Å². The Kier molecular flexibility index (Phi) is 6.88. The van der Waals surface area contributed by atoms with Crippen LogP contribution in [0.3, 0.4) is 0 Å². The first-order valence-electron chi connectivity index (χ1n) is 10.9. The number of benzene rings is 2. The summed E-state index contributed by atoms with van der Waals surface area (Å²) in [6.07, 6.45) is 3.60. The van der Waals surface area contributed by atoms with E-state index in [1.807, 2.05) is 55.8 Å². The lowest BCUT2D eigenvalue weighted by atomic mass is 10.1. The Balaban J connectivity index is 1.47. The molecule has 0 spiro atoms. The van der Waals surface area contributed by atoms with Gasteiger partial charge < -0.3 is 14.6 Å². The van der Waals surface area contributed by atoms with Crippen molar-refractivity contribution in [3.8, 4) is 11.4 Å². The van der Waals surface area contributed by atoms with Gasteiger partial charge in [0, 0.05) is 23.3 Å². The molecule has 3 amide bonds. The molecule has 3 aromatic rings. The molecule has 0 bridgehead atoms. The molecule has 0 saturated carbocycles. The van der Waals surface area contributed by atoms with Crippen LogP contribution in [0.4, 0.5) is 10.5 Å². The van der Waals surface area contributed by atoms with Gasteiger partial charge in [-0.05, 0) is 86.6 Å². The summed E-state index contributed by atoms with van der Waals surface area (Å²) in [6.45, 7) is 6.15. The van der Waals surface area contributed by atoms with Crippen molar-refractivity contribution in [2.45, 2.75) is 20.8 Å². The number of aromatic nitrogens is 1. The molecular weight excluding hydrogens is 450 g/mol. The first kappa shape index (κ1) is 23.4. The number of nitrogens with one attached hydrogen (secondary N) is 1.